The Labute approximate surface area is 178 Å². The van der Waals surface area contributed by atoms with E-state index in [2.05, 4.69) is 61.9 Å². The predicted octanol–water partition coefficient (Wildman–Crippen LogP) is 5.40. The van der Waals surface area contributed by atoms with Gasteiger partial charge in [-0.1, -0.05) is 41.0 Å². The van der Waals surface area contributed by atoms with Crippen molar-refractivity contribution < 1.29 is 4.52 Å². The van der Waals surface area contributed by atoms with E-state index in [1.54, 1.807) is 6.20 Å². The fourth-order valence-electron chi connectivity index (χ4n) is 3.18. The first-order valence-electron chi connectivity index (χ1n) is 9.57. The third kappa shape index (κ3) is 3.90. The van der Waals surface area contributed by atoms with Crippen LogP contribution < -0.4 is 10.2 Å². The van der Waals surface area contributed by atoms with Crippen molar-refractivity contribution in [2.24, 2.45) is 0 Å². The van der Waals surface area contributed by atoms with Gasteiger partial charge in [0.2, 0.25) is 5.95 Å². The van der Waals surface area contributed by atoms with Crippen molar-refractivity contribution >= 4 is 23.2 Å². The minimum atomic E-state index is 0.428. The third-order valence-electron chi connectivity index (χ3n) is 4.84. The summed E-state index contributed by atoms with van der Waals surface area (Å²) in [6, 6.07) is 19.6. The molecule has 1 aliphatic rings. The Morgan fingerprint density at radius 3 is 2.63 bits per heavy atom. The van der Waals surface area contributed by atoms with Gasteiger partial charge in [-0.05, 0) is 36.4 Å². The van der Waals surface area contributed by atoms with Gasteiger partial charge in [0.1, 0.15) is 5.69 Å². The van der Waals surface area contributed by atoms with Crippen LogP contribution in [0.15, 0.2) is 83.7 Å². The van der Waals surface area contributed by atoms with Crippen LogP contribution in [-0.2, 0) is 6.54 Å². The molecule has 3 heterocycles. The third-order valence-corrected chi connectivity index (χ3v) is 5.07. The summed E-state index contributed by atoms with van der Waals surface area (Å²) in [5.74, 6) is 1.22. The van der Waals surface area contributed by atoms with Gasteiger partial charge in [-0.3, -0.25) is 0 Å². The maximum absolute atomic E-state index is 6.05. The topological polar surface area (TPSA) is 67.1 Å². The molecule has 0 saturated heterocycles. The van der Waals surface area contributed by atoms with Crippen molar-refractivity contribution in [3.05, 3.63) is 89.9 Å². The molecule has 6 nitrogen and oxygen atoms in total. The second kappa shape index (κ2) is 8.00. The lowest BCUT2D eigenvalue weighted by Crippen LogP contribution is -2.23. The van der Waals surface area contributed by atoms with Gasteiger partial charge >= 0.3 is 0 Å². The van der Waals surface area contributed by atoms with Crippen molar-refractivity contribution in [2.45, 2.75) is 6.54 Å². The van der Waals surface area contributed by atoms with Crippen LogP contribution in [0.4, 0.5) is 11.6 Å². The highest BCUT2D eigenvalue weighted by Crippen LogP contribution is 2.25. The number of rotatable bonds is 6. The molecule has 0 saturated carbocycles. The zero-order valence-corrected chi connectivity index (χ0v) is 16.8. The number of nitrogens with zero attached hydrogens (tertiary/aromatic N) is 4. The van der Waals surface area contributed by atoms with Gasteiger partial charge in [0.05, 0.1) is 12.2 Å². The van der Waals surface area contributed by atoms with Crippen LogP contribution in [0, 0.1) is 0 Å². The summed E-state index contributed by atoms with van der Waals surface area (Å²) in [6.45, 7) is 1.39. The van der Waals surface area contributed by atoms with Crippen molar-refractivity contribution in [2.75, 3.05) is 16.8 Å². The van der Waals surface area contributed by atoms with Crippen molar-refractivity contribution in [3.63, 3.8) is 0 Å². The molecule has 4 aromatic rings. The van der Waals surface area contributed by atoms with E-state index in [0.29, 0.717) is 23.3 Å². The van der Waals surface area contributed by atoms with Crippen LogP contribution in [0.25, 0.3) is 22.5 Å². The lowest BCUT2D eigenvalue weighted by molar-refractivity contribution is 0.390. The first-order chi connectivity index (χ1) is 14.7. The normalized spacial score (nSPS) is 12.6. The molecule has 2 aromatic heterocycles. The lowest BCUT2D eigenvalue weighted by atomic mass is 10.1. The first kappa shape index (κ1) is 18.4. The molecule has 1 N–H and O–H groups in total. The Balaban J connectivity index is 1.27. The number of aromatic nitrogens is 3. The molecule has 0 unspecified atom stereocenters. The molecule has 0 amide bonds. The summed E-state index contributed by atoms with van der Waals surface area (Å²) >= 11 is 6.05. The predicted molar refractivity (Wildman–Crippen MR) is 118 cm³/mol. The first-order valence-corrected chi connectivity index (χ1v) is 9.95. The van der Waals surface area contributed by atoms with Crippen LogP contribution in [0.3, 0.4) is 0 Å². The second-order valence-corrected chi connectivity index (χ2v) is 7.33. The number of hydrogen-bond acceptors (Lipinski definition) is 6. The average molecular weight is 416 g/mol. The largest absolute Gasteiger partial charge is 0.359 e. The monoisotopic (exact) mass is 415 g/mol. The van der Waals surface area contributed by atoms with E-state index in [1.165, 1.54) is 5.69 Å². The van der Waals surface area contributed by atoms with E-state index >= 15 is 0 Å². The Bertz CT molecular complexity index is 1200. The molecule has 0 bridgehead atoms. The number of halogens is 1. The molecule has 0 fully saturated rings. The van der Waals surface area contributed by atoms with Gasteiger partial charge in [0.15, 0.2) is 5.76 Å². The summed E-state index contributed by atoms with van der Waals surface area (Å²) in [4.78, 5) is 11.1. The van der Waals surface area contributed by atoms with E-state index in [-0.39, 0.29) is 0 Å². The highest BCUT2D eigenvalue weighted by Gasteiger charge is 2.10. The number of anilines is 2. The lowest BCUT2D eigenvalue weighted by Gasteiger charge is -2.25. The minimum Gasteiger partial charge on any atom is -0.359 e. The molecular weight excluding hydrogens is 398 g/mol. The maximum Gasteiger partial charge on any atom is 0.223 e. The summed E-state index contributed by atoms with van der Waals surface area (Å²) in [5.41, 5.74) is 4.72. The highest BCUT2D eigenvalue weighted by atomic mass is 35.5. The zero-order valence-electron chi connectivity index (χ0n) is 16.0. The fourth-order valence-corrected chi connectivity index (χ4v) is 3.37. The van der Waals surface area contributed by atoms with E-state index in [1.807, 2.05) is 36.4 Å². The number of benzene rings is 2. The van der Waals surface area contributed by atoms with Gasteiger partial charge < -0.3 is 14.7 Å². The minimum absolute atomic E-state index is 0.428. The quantitative estimate of drug-likeness (QED) is 0.455. The van der Waals surface area contributed by atoms with E-state index in [9.17, 15) is 0 Å². The van der Waals surface area contributed by atoms with Crippen LogP contribution in [0.5, 0.6) is 0 Å². The van der Waals surface area contributed by atoms with E-state index in [0.717, 1.165) is 29.1 Å². The summed E-state index contributed by atoms with van der Waals surface area (Å²) in [7, 11) is 0. The molecule has 30 heavy (non-hydrogen) atoms. The molecule has 0 spiro atoms. The molecule has 2 aromatic carbocycles. The van der Waals surface area contributed by atoms with Crippen molar-refractivity contribution in [1.29, 1.82) is 0 Å². The standard InChI is InChI=1S/C23H18ClN5O/c24-18-4-1-3-17(13-18)22-14-20(30-28-22)15-26-23-25-10-9-21(27-23)16-5-7-19(8-6-16)29-11-2-12-29/h1-11,13-14H,12,15H2,(H,25,26,27). The van der Waals surface area contributed by atoms with Crippen LogP contribution in [0.2, 0.25) is 5.02 Å². The molecular formula is C23H18ClN5O. The van der Waals surface area contributed by atoms with Crippen LogP contribution in [0.1, 0.15) is 5.76 Å². The average Bonchev–Trinajstić information content (AvgIpc) is 3.21. The second-order valence-electron chi connectivity index (χ2n) is 6.89. The summed E-state index contributed by atoms with van der Waals surface area (Å²) < 4.78 is 5.43. The molecule has 7 heteroatoms. The molecule has 5 rings (SSSR count). The molecule has 148 valence electrons. The molecule has 0 atom stereocenters. The maximum atomic E-state index is 6.05. The fraction of sp³-hybridized carbons (Fsp3) is 0.0870. The van der Waals surface area contributed by atoms with Gasteiger partial charge in [-0.25, -0.2) is 9.97 Å². The Hall–Kier alpha value is -3.64. The summed E-state index contributed by atoms with van der Waals surface area (Å²) in [5, 5.41) is 7.97. The van der Waals surface area contributed by atoms with Crippen LogP contribution >= 0.6 is 11.6 Å². The molecule has 0 radical (unpaired) electrons. The Kier molecular flexibility index (Phi) is 4.91. The molecule has 1 aliphatic heterocycles. The molecule has 0 aliphatic carbocycles. The van der Waals surface area contributed by atoms with Gasteiger partial charge in [-0.2, -0.15) is 0 Å². The van der Waals surface area contributed by atoms with Gasteiger partial charge in [0.25, 0.3) is 0 Å². The SMILES string of the molecule is Clc1cccc(-c2cc(CNc3nccc(-c4ccc(N5C=CC5)cc4)n3)on2)c1. The van der Waals surface area contributed by atoms with Crippen molar-refractivity contribution in [1.82, 2.24) is 15.1 Å². The smallest absolute Gasteiger partial charge is 0.223 e. The Morgan fingerprint density at radius 1 is 1.00 bits per heavy atom. The Morgan fingerprint density at radius 2 is 1.87 bits per heavy atom. The van der Waals surface area contributed by atoms with Crippen LogP contribution in [-0.4, -0.2) is 21.7 Å². The number of nitrogens with one attached hydrogen (secondary N) is 1. The summed E-state index contributed by atoms with van der Waals surface area (Å²) in [6.07, 6.45) is 5.94. The van der Waals surface area contributed by atoms with Gasteiger partial charge in [0, 0.05) is 46.8 Å². The van der Waals surface area contributed by atoms with Crippen molar-refractivity contribution in [3.8, 4) is 22.5 Å². The zero-order chi connectivity index (χ0) is 20.3. The van der Waals surface area contributed by atoms with Gasteiger partial charge in [-0.15, -0.1) is 0 Å². The van der Waals surface area contributed by atoms with E-state index < -0.39 is 0 Å². The number of hydrogen-bond donors (Lipinski definition) is 1. The highest BCUT2D eigenvalue weighted by molar-refractivity contribution is 6.30. The van der Waals surface area contributed by atoms with E-state index in [4.69, 9.17) is 16.1 Å².